The van der Waals surface area contributed by atoms with Crippen LogP contribution < -0.4 is 21.3 Å². The summed E-state index contributed by atoms with van der Waals surface area (Å²) in [7, 11) is 0. The van der Waals surface area contributed by atoms with Crippen molar-refractivity contribution in [2.75, 3.05) is 58.5 Å². The first kappa shape index (κ1) is 42.1. The van der Waals surface area contributed by atoms with Gasteiger partial charge in [0, 0.05) is 64.8 Å². The predicted molar refractivity (Wildman–Crippen MR) is 220 cm³/mol. The summed E-state index contributed by atoms with van der Waals surface area (Å²) in [6.45, 7) is 10.1. The van der Waals surface area contributed by atoms with Crippen molar-refractivity contribution in [1.29, 1.82) is 0 Å². The quantitative estimate of drug-likeness (QED) is 0.0807. The molecule has 0 radical (unpaired) electrons. The third-order valence-corrected chi connectivity index (χ3v) is 13.1. The van der Waals surface area contributed by atoms with Crippen LogP contribution in [0, 0.1) is 20.8 Å². The van der Waals surface area contributed by atoms with E-state index in [1.807, 2.05) is 47.5 Å². The van der Waals surface area contributed by atoms with Crippen LogP contribution in [0.5, 0.6) is 0 Å². The number of carbonyl (C=O) groups excluding carboxylic acids is 3. The maximum Gasteiger partial charge on any atom is 0.315 e. The number of urea groups is 1. The maximum absolute atomic E-state index is 13.2. The van der Waals surface area contributed by atoms with Gasteiger partial charge in [-0.25, -0.2) is 4.79 Å². The fraction of sp³-hybridized carbons (Fsp3) is 0.590. The zero-order chi connectivity index (χ0) is 39.4. The zero-order valence-electron chi connectivity index (χ0n) is 32.4. The Morgan fingerprint density at radius 3 is 2.29 bits per heavy atom. The topological polar surface area (TPSA) is 170 Å². The Hall–Kier alpha value is -3.54. The summed E-state index contributed by atoms with van der Waals surface area (Å²) in [5.41, 5.74) is 3.93. The number of amides is 4. The Labute approximate surface area is 341 Å². The van der Waals surface area contributed by atoms with Crippen LogP contribution in [-0.4, -0.2) is 114 Å². The van der Waals surface area contributed by atoms with Crippen molar-refractivity contribution in [2.24, 2.45) is 4.99 Å². The number of thioether (sulfide) groups is 1. The molecule has 0 spiro atoms. The highest BCUT2D eigenvalue weighted by atomic mass is 35.5. The van der Waals surface area contributed by atoms with Crippen molar-refractivity contribution >= 4 is 58.3 Å². The Morgan fingerprint density at radius 1 is 0.893 bits per heavy atom. The lowest BCUT2D eigenvalue weighted by Crippen LogP contribution is -2.36. The number of aryl methyl sites for hydroxylation is 2. The number of unbranched alkanes of at least 4 members (excludes halogenated alkanes) is 1. The highest BCUT2D eigenvalue weighted by Gasteiger charge is 2.42. The van der Waals surface area contributed by atoms with Gasteiger partial charge in [-0.05, 0) is 64.2 Å². The van der Waals surface area contributed by atoms with Crippen molar-refractivity contribution in [3.63, 3.8) is 0 Å². The van der Waals surface area contributed by atoms with Gasteiger partial charge in [0.15, 0.2) is 5.82 Å². The van der Waals surface area contributed by atoms with Crippen molar-refractivity contribution in [3.8, 4) is 5.00 Å². The molecule has 6 rings (SSSR count). The minimum Gasteiger partial charge on any atom is -0.379 e. The van der Waals surface area contributed by atoms with Crippen LogP contribution in [0.1, 0.15) is 84.2 Å². The molecule has 14 nitrogen and oxygen atoms in total. The number of fused-ring (bicyclic) bond motifs is 4. The van der Waals surface area contributed by atoms with Gasteiger partial charge in [-0.15, -0.1) is 21.5 Å². The molecular weight excluding hydrogens is 776 g/mol. The highest BCUT2D eigenvalue weighted by Crippen LogP contribution is 2.39. The number of nitrogens with zero attached hydrogens (tertiary/aromatic N) is 4. The number of hydrogen-bond donors (Lipinski definition) is 4. The fourth-order valence-electron chi connectivity index (χ4n) is 7.09. The number of ether oxygens (including phenoxy) is 3. The Kier molecular flexibility index (Phi) is 15.6. The number of hydrogen-bond acceptors (Lipinski definition) is 11. The smallest absolute Gasteiger partial charge is 0.315 e. The standard InChI is InChI=1S/C39H53ClN8O6S2/c1-24-25(2)56-38-34(24)35(27-10-12-28(40)13-11-27)43-29(37-47-46-26(3)48(37)38)22-33(50)42-15-7-17-53-19-21-54-20-18-52-16-6-14-41-32(49)9-5-4-8-31-36-30(23-55-31)44-39(51)45-36/h10-13,29-31,36H,4-9,14-23H2,1-3H3,(H,41,49)(H,42,50)(H2,44,45,51)/t29-,30-,31-,36-/m0/s1. The molecule has 1 aromatic carbocycles. The van der Waals surface area contributed by atoms with Crippen LogP contribution in [0.25, 0.3) is 5.00 Å². The van der Waals surface area contributed by atoms with Gasteiger partial charge in [0.2, 0.25) is 11.8 Å². The van der Waals surface area contributed by atoms with E-state index in [-0.39, 0.29) is 36.3 Å². The van der Waals surface area contributed by atoms with Gasteiger partial charge < -0.3 is 35.5 Å². The zero-order valence-corrected chi connectivity index (χ0v) is 34.8. The molecule has 2 saturated heterocycles. The first-order chi connectivity index (χ1) is 27.2. The van der Waals surface area contributed by atoms with E-state index in [0.29, 0.717) is 81.7 Å². The molecule has 3 aliphatic rings. The van der Waals surface area contributed by atoms with Gasteiger partial charge >= 0.3 is 6.03 Å². The molecule has 0 saturated carbocycles. The number of aromatic nitrogens is 3. The molecule has 5 heterocycles. The van der Waals surface area contributed by atoms with Crippen LogP contribution in [0.2, 0.25) is 5.02 Å². The number of carbonyl (C=O) groups is 3. The second kappa shape index (κ2) is 20.8. The molecule has 0 aliphatic carbocycles. The van der Waals surface area contributed by atoms with E-state index in [1.54, 1.807) is 11.3 Å². The summed E-state index contributed by atoms with van der Waals surface area (Å²) in [6.07, 6.45) is 4.91. The third-order valence-electron chi connectivity index (χ3n) is 10.1. The highest BCUT2D eigenvalue weighted by molar-refractivity contribution is 8.00. The number of aliphatic imine (C=N–C) groups is 1. The first-order valence-electron chi connectivity index (χ1n) is 19.5. The van der Waals surface area contributed by atoms with Crippen LogP contribution in [0.3, 0.4) is 0 Å². The van der Waals surface area contributed by atoms with Crippen LogP contribution in [0.15, 0.2) is 29.3 Å². The van der Waals surface area contributed by atoms with E-state index in [9.17, 15) is 14.4 Å². The normalized spacial score (nSPS) is 19.7. The van der Waals surface area contributed by atoms with E-state index in [1.165, 1.54) is 4.88 Å². The molecule has 2 aromatic heterocycles. The lowest BCUT2D eigenvalue weighted by molar-refractivity contribution is -0.122. The van der Waals surface area contributed by atoms with E-state index in [2.05, 4.69) is 45.3 Å². The Bertz CT molecular complexity index is 1840. The SMILES string of the molecule is Cc1sc2c(c1C)C(c1ccc(Cl)cc1)=N[C@@H](CC(=O)NCCCOCCOCCOCCCNC(=O)CCCC[C@@H]1SC[C@@H]3NC(=O)N[C@@H]31)c1nnc(C)n1-2. The summed E-state index contributed by atoms with van der Waals surface area (Å²) in [6, 6.07) is 7.52. The number of nitrogens with one attached hydrogen (secondary N) is 4. The maximum atomic E-state index is 13.2. The van der Waals surface area contributed by atoms with Crippen molar-refractivity contribution in [1.82, 2.24) is 36.0 Å². The molecule has 0 unspecified atom stereocenters. The van der Waals surface area contributed by atoms with E-state index < -0.39 is 6.04 Å². The summed E-state index contributed by atoms with van der Waals surface area (Å²) in [5, 5.41) is 22.9. The molecule has 0 bridgehead atoms. The third kappa shape index (κ3) is 11.1. The van der Waals surface area contributed by atoms with Crippen molar-refractivity contribution in [2.45, 2.75) is 89.1 Å². The van der Waals surface area contributed by atoms with E-state index in [0.717, 1.165) is 64.7 Å². The molecule has 2 fully saturated rings. The second-order valence-electron chi connectivity index (χ2n) is 14.2. The lowest BCUT2D eigenvalue weighted by Gasteiger charge is -2.16. The largest absolute Gasteiger partial charge is 0.379 e. The lowest BCUT2D eigenvalue weighted by atomic mass is 9.99. The molecule has 4 atom stereocenters. The summed E-state index contributed by atoms with van der Waals surface area (Å²) in [4.78, 5) is 43.2. The number of halogens is 1. The monoisotopic (exact) mass is 828 g/mol. The van der Waals surface area contributed by atoms with Gasteiger partial charge in [-0.2, -0.15) is 11.8 Å². The van der Waals surface area contributed by atoms with E-state index >= 15 is 0 Å². The summed E-state index contributed by atoms with van der Waals surface area (Å²) < 4.78 is 18.9. The summed E-state index contributed by atoms with van der Waals surface area (Å²) in [5.74, 6) is 2.31. The Balaban J connectivity index is 0.787. The van der Waals surface area contributed by atoms with Gasteiger partial charge in [0.05, 0.1) is 50.6 Å². The van der Waals surface area contributed by atoms with Gasteiger partial charge in [-0.1, -0.05) is 30.2 Å². The average molecular weight is 829 g/mol. The molecule has 4 N–H and O–H groups in total. The van der Waals surface area contributed by atoms with E-state index in [4.69, 9.17) is 30.8 Å². The van der Waals surface area contributed by atoms with Crippen LogP contribution in [0.4, 0.5) is 4.79 Å². The van der Waals surface area contributed by atoms with Gasteiger partial charge in [-0.3, -0.25) is 19.1 Å². The average Bonchev–Trinajstić information content (AvgIpc) is 3.91. The molecule has 3 aromatic rings. The number of thiophene rings is 1. The second-order valence-corrected chi connectivity index (χ2v) is 17.1. The predicted octanol–water partition coefficient (Wildman–Crippen LogP) is 4.98. The van der Waals surface area contributed by atoms with Gasteiger partial charge in [0.1, 0.15) is 16.9 Å². The first-order valence-corrected chi connectivity index (χ1v) is 21.8. The van der Waals surface area contributed by atoms with Crippen LogP contribution in [-0.2, 0) is 23.8 Å². The van der Waals surface area contributed by atoms with Gasteiger partial charge in [0.25, 0.3) is 0 Å². The molecular formula is C39H53ClN8O6S2. The van der Waals surface area contributed by atoms with Crippen molar-refractivity contribution in [3.05, 3.63) is 62.5 Å². The minimum atomic E-state index is -0.516. The summed E-state index contributed by atoms with van der Waals surface area (Å²) >= 11 is 9.80. The molecule has 4 amide bonds. The Morgan fingerprint density at radius 2 is 1.57 bits per heavy atom. The number of benzene rings is 1. The fourth-order valence-corrected chi connectivity index (χ4v) is 9.97. The molecule has 56 heavy (non-hydrogen) atoms. The molecule has 17 heteroatoms. The van der Waals surface area contributed by atoms with Crippen LogP contribution >= 0.6 is 34.7 Å². The number of rotatable bonds is 22. The molecule has 304 valence electrons. The minimum absolute atomic E-state index is 0.0608. The van der Waals surface area contributed by atoms with Crippen molar-refractivity contribution < 1.29 is 28.6 Å². The molecule has 3 aliphatic heterocycles.